The van der Waals surface area contributed by atoms with Crippen molar-refractivity contribution in [3.8, 4) is 5.75 Å². The third-order valence-corrected chi connectivity index (χ3v) is 2.96. The molecule has 0 heterocycles. The van der Waals surface area contributed by atoms with Crippen LogP contribution in [0.2, 0.25) is 0 Å². The fourth-order valence-corrected chi connectivity index (χ4v) is 1.96. The van der Waals surface area contributed by atoms with Gasteiger partial charge >= 0.3 is 6.09 Å². The van der Waals surface area contributed by atoms with Crippen molar-refractivity contribution in [3.63, 3.8) is 0 Å². The maximum Gasteiger partial charge on any atom is 0.407 e. The lowest BCUT2D eigenvalue weighted by Crippen LogP contribution is -2.43. The van der Waals surface area contributed by atoms with E-state index in [-0.39, 0.29) is 6.04 Å². The van der Waals surface area contributed by atoms with Crippen molar-refractivity contribution in [2.24, 2.45) is 5.73 Å². The molecule has 3 N–H and O–H groups in total. The fraction of sp³-hybridized carbons (Fsp3) is 0.562. The van der Waals surface area contributed by atoms with Crippen LogP contribution in [0, 0.1) is 0 Å². The van der Waals surface area contributed by atoms with Crippen LogP contribution in [0.25, 0.3) is 0 Å². The van der Waals surface area contributed by atoms with Gasteiger partial charge in [-0.15, -0.1) is 0 Å². The van der Waals surface area contributed by atoms with Crippen LogP contribution < -0.4 is 15.8 Å². The summed E-state index contributed by atoms with van der Waals surface area (Å²) in [6, 6.07) is 7.72. The van der Waals surface area contributed by atoms with Gasteiger partial charge in [0.25, 0.3) is 0 Å². The highest BCUT2D eigenvalue weighted by Crippen LogP contribution is 2.19. The summed E-state index contributed by atoms with van der Waals surface area (Å²) >= 11 is 0. The van der Waals surface area contributed by atoms with Gasteiger partial charge in [-0.1, -0.05) is 18.2 Å². The Labute approximate surface area is 126 Å². The van der Waals surface area contributed by atoms with Crippen molar-refractivity contribution in [3.05, 3.63) is 29.8 Å². The summed E-state index contributed by atoms with van der Waals surface area (Å²) < 4.78 is 10.6. The Morgan fingerprint density at radius 2 is 2.00 bits per heavy atom. The highest BCUT2D eigenvalue weighted by molar-refractivity contribution is 5.68. The van der Waals surface area contributed by atoms with Gasteiger partial charge in [0, 0.05) is 12.6 Å². The molecule has 118 valence electrons. The molecule has 0 aromatic heterocycles. The molecule has 5 nitrogen and oxygen atoms in total. The van der Waals surface area contributed by atoms with Gasteiger partial charge in [0.15, 0.2) is 0 Å². The van der Waals surface area contributed by atoms with E-state index in [0.29, 0.717) is 6.54 Å². The molecule has 0 aliphatic rings. The Kier molecular flexibility index (Phi) is 6.49. The molecule has 0 aliphatic carbocycles. The number of nitrogens with one attached hydrogen (secondary N) is 1. The molecule has 1 aromatic rings. The smallest absolute Gasteiger partial charge is 0.407 e. The molecule has 1 aromatic carbocycles. The largest absolute Gasteiger partial charge is 0.496 e. The number of carbonyl (C=O) groups excluding carboxylic acids is 1. The zero-order chi connectivity index (χ0) is 15.9. The first-order valence-corrected chi connectivity index (χ1v) is 7.17. The van der Waals surface area contributed by atoms with Crippen LogP contribution in [0.4, 0.5) is 4.79 Å². The Bertz CT molecular complexity index is 455. The summed E-state index contributed by atoms with van der Waals surface area (Å²) in [7, 11) is 1.65. The lowest BCUT2D eigenvalue weighted by Gasteiger charge is -2.23. The van der Waals surface area contributed by atoms with Crippen LogP contribution in [-0.2, 0) is 11.2 Å². The number of aryl methyl sites for hydroxylation is 1. The topological polar surface area (TPSA) is 73.6 Å². The number of amides is 1. The fourth-order valence-electron chi connectivity index (χ4n) is 1.96. The normalized spacial score (nSPS) is 12.6. The van der Waals surface area contributed by atoms with Gasteiger partial charge in [-0.2, -0.15) is 0 Å². The second-order valence-corrected chi connectivity index (χ2v) is 5.93. The predicted octanol–water partition coefficient (Wildman–Crippen LogP) is 2.48. The van der Waals surface area contributed by atoms with E-state index in [9.17, 15) is 4.79 Å². The van der Waals surface area contributed by atoms with Gasteiger partial charge in [-0.3, -0.25) is 0 Å². The number of hydrogen-bond acceptors (Lipinski definition) is 4. The van der Waals surface area contributed by atoms with E-state index in [0.717, 1.165) is 24.2 Å². The van der Waals surface area contributed by atoms with Crippen LogP contribution >= 0.6 is 0 Å². The SMILES string of the molecule is COc1ccccc1CCC(CN)NC(=O)OC(C)(C)C. The van der Waals surface area contributed by atoms with Crippen molar-refractivity contribution >= 4 is 6.09 Å². The first-order valence-electron chi connectivity index (χ1n) is 7.17. The Morgan fingerprint density at radius 3 is 2.57 bits per heavy atom. The molecule has 0 aliphatic heterocycles. The molecule has 0 bridgehead atoms. The molecule has 1 rings (SSSR count). The second kappa shape index (κ2) is 7.88. The zero-order valence-corrected chi connectivity index (χ0v) is 13.3. The van der Waals surface area contributed by atoms with Gasteiger partial charge in [-0.25, -0.2) is 4.79 Å². The van der Waals surface area contributed by atoms with Crippen LogP contribution in [0.1, 0.15) is 32.8 Å². The third-order valence-electron chi connectivity index (χ3n) is 2.96. The Balaban J connectivity index is 2.53. The molecule has 0 fully saturated rings. The molecular weight excluding hydrogens is 268 g/mol. The summed E-state index contributed by atoms with van der Waals surface area (Å²) in [5, 5.41) is 2.80. The molecule has 21 heavy (non-hydrogen) atoms. The number of ether oxygens (including phenoxy) is 2. The van der Waals surface area contributed by atoms with Gasteiger partial charge in [0.1, 0.15) is 11.4 Å². The Hall–Kier alpha value is -1.75. The number of carbonyl (C=O) groups is 1. The number of hydrogen-bond donors (Lipinski definition) is 2. The zero-order valence-electron chi connectivity index (χ0n) is 13.3. The Morgan fingerprint density at radius 1 is 1.33 bits per heavy atom. The van der Waals surface area contributed by atoms with Crippen LogP contribution in [0.15, 0.2) is 24.3 Å². The maximum absolute atomic E-state index is 11.7. The average Bonchev–Trinajstić information content (AvgIpc) is 2.41. The first-order chi connectivity index (χ1) is 9.85. The minimum atomic E-state index is -0.508. The maximum atomic E-state index is 11.7. The lowest BCUT2D eigenvalue weighted by atomic mass is 10.0. The van der Waals surface area contributed by atoms with Crippen molar-refractivity contribution < 1.29 is 14.3 Å². The molecule has 1 amide bonds. The van der Waals surface area contributed by atoms with Crippen molar-refractivity contribution in [2.75, 3.05) is 13.7 Å². The van der Waals surface area contributed by atoms with E-state index in [2.05, 4.69) is 5.32 Å². The van der Waals surface area contributed by atoms with Crippen LogP contribution in [0.3, 0.4) is 0 Å². The van der Waals surface area contributed by atoms with Gasteiger partial charge < -0.3 is 20.5 Å². The third kappa shape index (κ3) is 6.49. The monoisotopic (exact) mass is 294 g/mol. The summed E-state index contributed by atoms with van der Waals surface area (Å²) in [5.41, 5.74) is 6.31. The lowest BCUT2D eigenvalue weighted by molar-refractivity contribution is 0.0503. The number of methoxy groups -OCH3 is 1. The van der Waals surface area contributed by atoms with Crippen LogP contribution in [-0.4, -0.2) is 31.4 Å². The number of rotatable bonds is 6. The highest BCUT2D eigenvalue weighted by atomic mass is 16.6. The molecule has 0 radical (unpaired) electrons. The number of alkyl carbamates (subject to hydrolysis) is 1. The minimum Gasteiger partial charge on any atom is -0.496 e. The predicted molar refractivity (Wildman–Crippen MR) is 83.5 cm³/mol. The molecule has 0 saturated heterocycles. The molecule has 0 saturated carbocycles. The van der Waals surface area contributed by atoms with E-state index < -0.39 is 11.7 Å². The van der Waals surface area contributed by atoms with Gasteiger partial charge in [0.2, 0.25) is 0 Å². The summed E-state index contributed by atoms with van der Waals surface area (Å²) in [4.78, 5) is 11.7. The summed E-state index contributed by atoms with van der Waals surface area (Å²) in [6.07, 6.45) is 1.08. The number of para-hydroxylation sites is 1. The quantitative estimate of drug-likeness (QED) is 0.845. The van der Waals surface area contributed by atoms with E-state index in [1.807, 2.05) is 45.0 Å². The van der Waals surface area contributed by atoms with E-state index >= 15 is 0 Å². The number of benzene rings is 1. The second-order valence-electron chi connectivity index (χ2n) is 5.93. The van der Waals surface area contributed by atoms with E-state index in [1.165, 1.54) is 0 Å². The molecule has 0 spiro atoms. The van der Waals surface area contributed by atoms with Gasteiger partial charge in [0.05, 0.1) is 7.11 Å². The minimum absolute atomic E-state index is 0.121. The summed E-state index contributed by atoms with van der Waals surface area (Å²) in [5.74, 6) is 0.852. The van der Waals surface area contributed by atoms with Crippen molar-refractivity contribution in [2.45, 2.75) is 45.3 Å². The van der Waals surface area contributed by atoms with Crippen molar-refractivity contribution in [1.29, 1.82) is 0 Å². The molecular formula is C16H26N2O3. The van der Waals surface area contributed by atoms with Crippen molar-refractivity contribution in [1.82, 2.24) is 5.32 Å². The molecule has 1 atom stereocenters. The average molecular weight is 294 g/mol. The van der Waals surface area contributed by atoms with E-state index in [4.69, 9.17) is 15.2 Å². The molecule has 1 unspecified atom stereocenters. The number of nitrogens with two attached hydrogens (primary N) is 1. The summed E-state index contributed by atoms with van der Waals surface area (Å²) in [6.45, 7) is 5.87. The first kappa shape index (κ1) is 17.3. The van der Waals surface area contributed by atoms with Crippen LogP contribution in [0.5, 0.6) is 5.75 Å². The van der Waals surface area contributed by atoms with Gasteiger partial charge in [-0.05, 0) is 45.2 Å². The molecule has 5 heteroatoms. The standard InChI is InChI=1S/C16H26N2O3/c1-16(2,3)21-15(19)18-13(11-17)10-9-12-7-5-6-8-14(12)20-4/h5-8,13H,9-11,17H2,1-4H3,(H,18,19). The van der Waals surface area contributed by atoms with E-state index in [1.54, 1.807) is 7.11 Å². The highest BCUT2D eigenvalue weighted by Gasteiger charge is 2.19.